The molecular formula is C6H16Si2. The van der Waals surface area contributed by atoms with Gasteiger partial charge in [0.05, 0.1) is 0 Å². The fourth-order valence-corrected chi connectivity index (χ4v) is 6.05. The Morgan fingerprint density at radius 3 is 1.62 bits per heavy atom. The molecule has 1 rings (SSSR count). The van der Waals surface area contributed by atoms with Crippen LogP contribution < -0.4 is 0 Å². The molecule has 0 radical (unpaired) electrons. The molecule has 2 heteroatoms. The van der Waals surface area contributed by atoms with Crippen LogP contribution in [0.4, 0.5) is 0 Å². The maximum atomic E-state index is 2.50. The molecule has 0 aliphatic heterocycles. The molecule has 0 nitrogen and oxygen atoms in total. The summed E-state index contributed by atoms with van der Waals surface area (Å²) >= 11 is 0. The lowest BCUT2D eigenvalue weighted by molar-refractivity contribution is 0.445. The largest absolute Gasteiger partial charge is 0.0746 e. The van der Waals surface area contributed by atoms with Crippen molar-refractivity contribution in [3.8, 4) is 0 Å². The van der Waals surface area contributed by atoms with Crippen LogP contribution >= 0.6 is 0 Å². The van der Waals surface area contributed by atoms with Gasteiger partial charge < -0.3 is 0 Å². The van der Waals surface area contributed by atoms with Crippen molar-refractivity contribution in [2.24, 2.45) is 0 Å². The van der Waals surface area contributed by atoms with Gasteiger partial charge in [-0.2, -0.15) is 0 Å². The van der Waals surface area contributed by atoms with E-state index in [9.17, 15) is 0 Å². The van der Waals surface area contributed by atoms with Crippen molar-refractivity contribution in [3.63, 3.8) is 0 Å². The van der Waals surface area contributed by atoms with Crippen molar-refractivity contribution in [3.05, 3.63) is 0 Å². The van der Waals surface area contributed by atoms with Crippen LogP contribution in [0.5, 0.6) is 0 Å². The van der Waals surface area contributed by atoms with Gasteiger partial charge in [0, 0.05) is 19.0 Å². The molecule has 0 saturated heterocycles. The fourth-order valence-electron chi connectivity index (χ4n) is 1.63. The molecule has 0 unspecified atom stereocenters. The molecule has 48 valence electrons. The highest BCUT2D eigenvalue weighted by atomic mass is 28.3. The maximum absolute atomic E-state index is 2.50. The lowest BCUT2D eigenvalue weighted by Gasteiger charge is -2.40. The second-order valence-corrected chi connectivity index (χ2v) is 8.47. The van der Waals surface area contributed by atoms with Crippen LogP contribution in [0.15, 0.2) is 0 Å². The third kappa shape index (κ3) is 0.912. The predicted molar refractivity (Wildman–Crippen MR) is 45.4 cm³/mol. The zero-order valence-electron chi connectivity index (χ0n) is 6.04. The van der Waals surface area contributed by atoms with Crippen molar-refractivity contribution >= 4 is 19.0 Å². The minimum atomic E-state index is 0.380. The third-order valence-electron chi connectivity index (χ3n) is 2.91. The first-order valence-corrected chi connectivity index (χ1v) is 8.07. The summed E-state index contributed by atoms with van der Waals surface area (Å²) in [6.45, 7) is 4.99. The van der Waals surface area contributed by atoms with Gasteiger partial charge in [0.2, 0.25) is 0 Å². The van der Waals surface area contributed by atoms with E-state index in [0.29, 0.717) is 19.0 Å². The van der Waals surface area contributed by atoms with E-state index < -0.39 is 0 Å². The van der Waals surface area contributed by atoms with E-state index in [1.54, 1.807) is 19.3 Å². The average Bonchev–Trinajstić information content (AvgIpc) is 1.67. The van der Waals surface area contributed by atoms with E-state index in [-0.39, 0.29) is 0 Å². The molecular weight excluding hydrogens is 128 g/mol. The summed E-state index contributed by atoms with van der Waals surface area (Å²) in [6.07, 6.45) is 4.80. The van der Waals surface area contributed by atoms with Gasteiger partial charge in [0.15, 0.2) is 0 Å². The summed E-state index contributed by atoms with van der Waals surface area (Å²) in [6, 6.07) is 0. The smallest absolute Gasteiger partial charge is 0.0200 e. The Labute approximate surface area is 56.7 Å². The Balaban J connectivity index is 2.33. The SMILES string of the molecule is C[SiH2]C1([SiH2]C)CCC1. The molecule has 0 aromatic carbocycles. The van der Waals surface area contributed by atoms with Gasteiger partial charge in [-0.25, -0.2) is 0 Å². The topological polar surface area (TPSA) is 0 Å². The van der Waals surface area contributed by atoms with Crippen LogP contribution in [0.25, 0.3) is 0 Å². The average molecular weight is 144 g/mol. The van der Waals surface area contributed by atoms with E-state index in [2.05, 4.69) is 13.1 Å². The molecule has 0 aromatic heterocycles. The summed E-state index contributed by atoms with van der Waals surface area (Å²) in [5.74, 6) is 0. The van der Waals surface area contributed by atoms with Gasteiger partial charge >= 0.3 is 0 Å². The molecule has 0 heterocycles. The number of rotatable bonds is 2. The van der Waals surface area contributed by atoms with Crippen LogP contribution in [-0.2, 0) is 0 Å². The molecule has 0 N–H and O–H groups in total. The van der Waals surface area contributed by atoms with Crippen molar-refractivity contribution in [1.82, 2.24) is 0 Å². The highest BCUT2D eigenvalue weighted by molar-refractivity contribution is 6.61. The first-order valence-electron chi connectivity index (χ1n) is 3.83. The highest BCUT2D eigenvalue weighted by Gasteiger charge is 2.32. The molecule has 0 bridgehead atoms. The van der Waals surface area contributed by atoms with E-state index in [0.717, 1.165) is 4.66 Å². The Morgan fingerprint density at radius 1 is 1.12 bits per heavy atom. The van der Waals surface area contributed by atoms with Gasteiger partial charge in [-0.3, -0.25) is 0 Å². The van der Waals surface area contributed by atoms with Gasteiger partial charge in [-0.1, -0.05) is 32.4 Å². The number of hydrogen-bond acceptors (Lipinski definition) is 0. The van der Waals surface area contributed by atoms with Crippen LogP contribution in [0.3, 0.4) is 0 Å². The summed E-state index contributed by atoms with van der Waals surface area (Å²) in [5, 5.41) is 0. The minimum absolute atomic E-state index is 0.380. The fraction of sp³-hybridized carbons (Fsp3) is 1.00. The second-order valence-electron chi connectivity index (χ2n) is 3.06. The van der Waals surface area contributed by atoms with Crippen molar-refractivity contribution in [2.45, 2.75) is 37.0 Å². The first kappa shape index (κ1) is 6.55. The zero-order chi connectivity index (χ0) is 6.04. The molecule has 1 saturated carbocycles. The Morgan fingerprint density at radius 2 is 1.62 bits per heavy atom. The maximum Gasteiger partial charge on any atom is 0.0200 e. The summed E-state index contributed by atoms with van der Waals surface area (Å²) in [4.78, 5) is 0. The lowest BCUT2D eigenvalue weighted by atomic mass is 9.98. The molecule has 1 aliphatic carbocycles. The van der Waals surface area contributed by atoms with Crippen molar-refractivity contribution in [2.75, 3.05) is 0 Å². The van der Waals surface area contributed by atoms with E-state index in [1.165, 1.54) is 0 Å². The van der Waals surface area contributed by atoms with Crippen LogP contribution in [-0.4, -0.2) is 19.0 Å². The predicted octanol–water partition coefficient (Wildman–Crippen LogP) is 0.720. The number of hydrogen-bond donors (Lipinski definition) is 0. The molecule has 1 aliphatic rings. The van der Waals surface area contributed by atoms with Gasteiger partial charge in [-0.15, -0.1) is 0 Å². The standard InChI is InChI=1S/C6H16Si2/c1-7-6(8-2)4-3-5-6/h3-5,7-8H2,1-2H3. The van der Waals surface area contributed by atoms with Gasteiger partial charge in [0.1, 0.15) is 0 Å². The minimum Gasteiger partial charge on any atom is -0.0746 e. The summed E-state index contributed by atoms with van der Waals surface area (Å²) in [5.41, 5.74) is 0. The summed E-state index contributed by atoms with van der Waals surface area (Å²) in [7, 11) is 0.760. The molecule has 8 heavy (non-hydrogen) atoms. The quantitative estimate of drug-likeness (QED) is 0.501. The van der Waals surface area contributed by atoms with Crippen LogP contribution in [0.1, 0.15) is 19.3 Å². The monoisotopic (exact) mass is 144 g/mol. The van der Waals surface area contributed by atoms with E-state index in [1.807, 2.05) is 0 Å². The van der Waals surface area contributed by atoms with Crippen LogP contribution in [0.2, 0.25) is 17.8 Å². The lowest BCUT2D eigenvalue weighted by Crippen LogP contribution is -2.31. The Bertz CT molecular complexity index is 63.1. The van der Waals surface area contributed by atoms with Gasteiger partial charge in [-0.05, 0) is 4.66 Å². The van der Waals surface area contributed by atoms with Gasteiger partial charge in [0.25, 0.3) is 0 Å². The van der Waals surface area contributed by atoms with Crippen LogP contribution in [0, 0.1) is 0 Å². The Kier molecular flexibility index (Phi) is 1.93. The Hall–Kier alpha value is 0.434. The van der Waals surface area contributed by atoms with E-state index >= 15 is 0 Å². The van der Waals surface area contributed by atoms with E-state index in [4.69, 9.17) is 0 Å². The zero-order valence-corrected chi connectivity index (χ0v) is 8.86. The molecule has 0 aromatic rings. The molecule has 1 fully saturated rings. The summed E-state index contributed by atoms with van der Waals surface area (Å²) < 4.78 is 1.08. The van der Waals surface area contributed by atoms with Crippen molar-refractivity contribution < 1.29 is 0 Å². The normalized spacial score (nSPS) is 27.8. The highest BCUT2D eigenvalue weighted by Crippen LogP contribution is 2.45. The van der Waals surface area contributed by atoms with Crippen molar-refractivity contribution in [1.29, 1.82) is 0 Å². The molecule has 0 atom stereocenters. The second kappa shape index (κ2) is 2.35. The molecule has 0 amide bonds. The third-order valence-corrected chi connectivity index (χ3v) is 10.3. The first-order chi connectivity index (χ1) is 3.83. The molecule has 0 spiro atoms.